The van der Waals surface area contributed by atoms with Gasteiger partial charge in [0.1, 0.15) is 0 Å². The third-order valence-electron chi connectivity index (χ3n) is 5.68. The zero-order valence-corrected chi connectivity index (χ0v) is 17.2. The van der Waals surface area contributed by atoms with E-state index in [0.29, 0.717) is 18.1 Å². The number of piperazine rings is 1. The molecule has 29 heavy (non-hydrogen) atoms. The number of hydrogen-bond donors (Lipinski definition) is 0. The lowest BCUT2D eigenvalue weighted by Crippen LogP contribution is -2.47. The third kappa shape index (κ3) is 3.98. The van der Waals surface area contributed by atoms with E-state index in [1.54, 1.807) is 26.6 Å². The fourth-order valence-electron chi connectivity index (χ4n) is 3.84. The molecule has 0 bridgehead atoms. The summed E-state index contributed by atoms with van der Waals surface area (Å²) in [6.45, 7) is 4.78. The van der Waals surface area contributed by atoms with Crippen LogP contribution in [0, 0.1) is 0 Å². The van der Waals surface area contributed by atoms with Gasteiger partial charge >= 0.3 is 0 Å². The highest BCUT2D eigenvalue weighted by atomic mass is 16.5. The molecule has 0 aliphatic carbocycles. The topological polar surface area (TPSA) is 71.0 Å². The van der Waals surface area contributed by atoms with E-state index in [1.165, 1.54) is 11.1 Å². The van der Waals surface area contributed by atoms with E-state index in [0.717, 1.165) is 50.6 Å². The molecule has 154 valence electrons. The minimum absolute atomic E-state index is 0.00507. The van der Waals surface area contributed by atoms with Gasteiger partial charge in [-0.25, -0.2) is 9.97 Å². The smallest absolute Gasteiger partial charge is 0.257 e. The second kappa shape index (κ2) is 8.24. The SMILES string of the molecule is COc1cc2c(cc1OC)CN(c1ncc(C(=O)N3CCN(C)CC3)cn1)CC2. The highest BCUT2D eigenvalue weighted by Crippen LogP contribution is 2.33. The Morgan fingerprint density at radius 3 is 2.17 bits per heavy atom. The number of methoxy groups -OCH3 is 2. The summed E-state index contributed by atoms with van der Waals surface area (Å²) in [6, 6.07) is 4.07. The molecule has 0 spiro atoms. The summed E-state index contributed by atoms with van der Waals surface area (Å²) >= 11 is 0. The summed E-state index contributed by atoms with van der Waals surface area (Å²) in [4.78, 5) is 27.9. The van der Waals surface area contributed by atoms with Crippen LogP contribution in [0.15, 0.2) is 24.5 Å². The molecule has 8 nitrogen and oxygen atoms in total. The molecule has 2 aromatic rings. The minimum Gasteiger partial charge on any atom is -0.493 e. The van der Waals surface area contributed by atoms with E-state index in [4.69, 9.17) is 9.47 Å². The van der Waals surface area contributed by atoms with Gasteiger partial charge in [0.15, 0.2) is 11.5 Å². The van der Waals surface area contributed by atoms with Crippen LogP contribution in [0.4, 0.5) is 5.95 Å². The zero-order chi connectivity index (χ0) is 20.4. The van der Waals surface area contributed by atoms with Crippen molar-refractivity contribution in [2.45, 2.75) is 13.0 Å². The van der Waals surface area contributed by atoms with Gasteiger partial charge in [0.25, 0.3) is 5.91 Å². The van der Waals surface area contributed by atoms with Gasteiger partial charge in [0.05, 0.1) is 19.8 Å². The Bertz CT molecular complexity index is 879. The van der Waals surface area contributed by atoms with Crippen LogP contribution < -0.4 is 14.4 Å². The van der Waals surface area contributed by atoms with Crippen molar-refractivity contribution in [2.24, 2.45) is 0 Å². The molecule has 0 unspecified atom stereocenters. The maximum Gasteiger partial charge on any atom is 0.257 e. The van der Waals surface area contributed by atoms with Gasteiger partial charge in [-0.3, -0.25) is 4.79 Å². The molecule has 1 aromatic heterocycles. The van der Waals surface area contributed by atoms with Crippen molar-refractivity contribution < 1.29 is 14.3 Å². The van der Waals surface area contributed by atoms with E-state index in [2.05, 4.69) is 26.8 Å². The maximum atomic E-state index is 12.7. The monoisotopic (exact) mass is 397 g/mol. The van der Waals surface area contributed by atoms with Gasteiger partial charge in [0.2, 0.25) is 5.95 Å². The van der Waals surface area contributed by atoms with Crippen LogP contribution in [-0.4, -0.2) is 79.7 Å². The van der Waals surface area contributed by atoms with Crippen molar-refractivity contribution in [3.8, 4) is 11.5 Å². The molecule has 4 rings (SSSR count). The molecular formula is C21H27N5O3. The van der Waals surface area contributed by atoms with Crippen LogP contribution >= 0.6 is 0 Å². The summed E-state index contributed by atoms with van der Waals surface area (Å²) in [5.74, 6) is 2.12. The molecule has 1 amide bonds. The number of amides is 1. The second-order valence-electron chi connectivity index (χ2n) is 7.51. The number of aromatic nitrogens is 2. The van der Waals surface area contributed by atoms with E-state index >= 15 is 0 Å². The van der Waals surface area contributed by atoms with Gasteiger partial charge < -0.3 is 24.2 Å². The lowest BCUT2D eigenvalue weighted by Gasteiger charge is -2.32. The maximum absolute atomic E-state index is 12.7. The first kappa shape index (κ1) is 19.4. The number of fused-ring (bicyclic) bond motifs is 1. The molecule has 8 heteroatoms. The van der Waals surface area contributed by atoms with Gasteiger partial charge in [-0.1, -0.05) is 0 Å². The zero-order valence-electron chi connectivity index (χ0n) is 17.2. The first-order valence-corrected chi connectivity index (χ1v) is 9.87. The predicted molar refractivity (Wildman–Crippen MR) is 110 cm³/mol. The Balaban J connectivity index is 1.47. The van der Waals surface area contributed by atoms with Crippen LogP contribution in [0.1, 0.15) is 21.5 Å². The first-order valence-electron chi connectivity index (χ1n) is 9.87. The van der Waals surface area contributed by atoms with E-state index < -0.39 is 0 Å². The molecule has 0 radical (unpaired) electrons. The van der Waals surface area contributed by atoms with Gasteiger partial charge in [-0.05, 0) is 36.7 Å². The highest BCUT2D eigenvalue weighted by Gasteiger charge is 2.23. The van der Waals surface area contributed by atoms with Crippen molar-refractivity contribution in [3.05, 3.63) is 41.2 Å². The van der Waals surface area contributed by atoms with Gasteiger partial charge in [0, 0.05) is 51.7 Å². The molecular weight excluding hydrogens is 370 g/mol. The summed E-state index contributed by atoms with van der Waals surface area (Å²) < 4.78 is 10.8. The minimum atomic E-state index is 0.00507. The quantitative estimate of drug-likeness (QED) is 0.773. The Labute approximate surface area is 171 Å². The van der Waals surface area contributed by atoms with Crippen LogP contribution in [0.25, 0.3) is 0 Å². The van der Waals surface area contributed by atoms with E-state index in [-0.39, 0.29) is 5.91 Å². The van der Waals surface area contributed by atoms with Crippen LogP contribution in [-0.2, 0) is 13.0 Å². The molecule has 2 aliphatic rings. The molecule has 1 fully saturated rings. The average molecular weight is 397 g/mol. The van der Waals surface area contributed by atoms with Crippen molar-refractivity contribution in [2.75, 3.05) is 58.9 Å². The van der Waals surface area contributed by atoms with Crippen molar-refractivity contribution in [1.82, 2.24) is 19.8 Å². The van der Waals surface area contributed by atoms with Crippen LogP contribution in [0.3, 0.4) is 0 Å². The second-order valence-corrected chi connectivity index (χ2v) is 7.51. The standard InChI is InChI=1S/C21H27N5O3/c1-24-6-8-25(9-7-24)20(27)17-12-22-21(23-13-17)26-5-4-15-10-18(28-2)19(29-3)11-16(15)14-26/h10-13H,4-9,14H2,1-3H3. The number of ether oxygens (including phenoxy) is 2. The molecule has 0 atom stereocenters. The number of carbonyl (C=O) groups excluding carboxylic acids is 1. The lowest BCUT2D eigenvalue weighted by atomic mass is 9.99. The van der Waals surface area contributed by atoms with Crippen molar-refractivity contribution in [3.63, 3.8) is 0 Å². The van der Waals surface area contributed by atoms with Gasteiger partial charge in [-0.2, -0.15) is 0 Å². The Kier molecular flexibility index (Phi) is 5.53. The van der Waals surface area contributed by atoms with Crippen LogP contribution in [0.2, 0.25) is 0 Å². The highest BCUT2D eigenvalue weighted by molar-refractivity contribution is 5.93. The number of likely N-dealkylation sites (N-methyl/N-ethyl adjacent to an activating group) is 1. The third-order valence-corrected chi connectivity index (χ3v) is 5.68. The molecule has 0 saturated carbocycles. The summed E-state index contributed by atoms with van der Waals surface area (Å²) in [5, 5.41) is 0. The summed E-state index contributed by atoms with van der Waals surface area (Å²) in [6.07, 6.45) is 4.17. The number of rotatable bonds is 4. The van der Waals surface area contributed by atoms with Crippen LogP contribution in [0.5, 0.6) is 11.5 Å². The van der Waals surface area contributed by atoms with E-state index in [9.17, 15) is 4.79 Å². The number of carbonyl (C=O) groups is 1. The summed E-state index contributed by atoms with van der Waals surface area (Å²) in [7, 11) is 5.37. The molecule has 2 aliphatic heterocycles. The predicted octanol–water partition coefficient (Wildman–Crippen LogP) is 1.44. The molecule has 0 N–H and O–H groups in total. The summed E-state index contributed by atoms with van der Waals surface area (Å²) in [5.41, 5.74) is 2.97. The fraction of sp³-hybridized carbons (Fsp3) is 0.476. The Morgan fingerprint density at radius 2 is 1.55 bits per heavy atom. The van der Waals surface area contributed by atoms with Crippen molar-refractivity contribution >= 4 is 11.9 Å². The molecule has 1 aromatic carbocycles. The number of benzene rings is 1. The largest absolute Gasteiger partial charge is 0.493 e. The Morgan fingerprint density at radius 1 is 0.931 bits per heavy atom. The van der Waals surface area contributed by atoms with E-state index in [1.807, 2.05) is 17.0 Å². The number of nitrogens with zero attached hydrogens (tertiary/aromatic N) is 5. The number of hydrogen-bond acceptors (Lipinski definition) is 7. The number of anilines is 1. The van der Waals surface area contributed by atoms with Gasteiger partial charge in [-0.15, -0.1) is 0 Å². The normalized spacial score (nSPS) is 17.1. The lowest BCUT2D eigenvalue weighted by molar-refractivity contribution is 0.0663. The fourth-order valence-corrected chi connectivity index (χ4v) is 3.84. The van der Waals surface area contributed by atoms with Crippen molar-refractivity contribution in [1.29, 1.82) is 0 Å². The Hall–Kier alpha value is -2.87. The molecule has 1 saturated heterocycles. The first-order chi connectivity index (χ1) is 14.1. The average Bonchev–Trinajstić information content (AvgIpc) is 2.78. The molecule has 3 heterocycles.